The minimum atomic E-state index is -0.504. The number of nitriles is 1. The monoisotopic (exact) mass is 201 g/mol. The molecule has 74 valence electrons. The SMILES string of the molecule is Cn1ccnc1-c1ccc(F)c(C#N)c1. The molecule has 0 spiro atoms. The first kappa shape index (κ1) is 9.41. The Morgan fingerprint density at radius 1 is 1.47 bits per heavy atom. The molecule has 0 bridgehead atoms. The fourth-order valence-corrected chi connectivity index (χ4v) is 1.39. The summed E-state index contributed by atoms with van der Waals surface area (Å²) in [6, 6.07) is 6.19. The van der Waals surface area contributed by atoms with Crippen molar-refractivity contribution in [2.24, 2.45) is 7.05 Å². The zero-order valence-electron chi connectivity index (χ0n) is 8.11. The smallest absolute Gasteiger partial charge is 0.140 e. The van der Waals surface area contributed by atoms with Crippen LogP contribution in [0.1, 0.15) is 5.56 Å². The van der Waals surface area contributed by atoms with Crippen LogP contribution < -0.4 is 0 Å². The van der Waals surface area contributed by atoms with E-state index in [4.69, 9.17) is 5.26 Å². The summed E-state index contributed by atoms with van der Waals surface area (Å²) in [7, 11) is 1.84. The fourth-order valence-electron chi connectivity index (χ4n) is 1.39. The van der Waals surface area contributed by atoms with Crippen LogP contribution in [0.2, 0.25) is 0 Å². The third kappa shape index (κ3) is 1.59. The second-order valence-corrected chi connectivity index (χ2v) is 3.17. The van der Waals surface area contributed by atoms with E-state index in [-0.39, 0.29) is 5.56 Å². The van der Waals surface area contributed by atoms with Gasteiger partial charge in [-0.25, -0.2) is 9.37 Å². The van der Waals surface area contributed by atoms with Gasteiger partial charge in [0.25, 0.3) is 0 Å². The minimum Gasteiger partial charge on any atom is -0.334 e. The Hall–Kier alpha value is -2.15. The van der Waals surface area contributed by atoms with E-state index in [2.05, 4.69) is 4.98 Å². The third-order valence-electron chi connectivity index (χ3n) is 2.17. The number of hydrogen-bond acceptors (Lipinski definition) is 2. The van der Waals surface area contributed by atoms with E-state index in [9.17, 15) is 4.39 Å². The molecule has 15 heavy (non-hydrogen) atoms. The molecule has 3 nitrogen and oxygen atoms in total. The van der Waals surface area contributed by atoms with Crippen LogP contribution in [0.4, 0.5) is 4.39 Å². The number of imidazole rings is 1. The highest BCUT2D eigenvalue weighted by molar-refractivity contribution is 5.58. The lowest BCUT2D eigenvalue weighted by Gasteiger charge is -2.02. The zero-order valence-corrected chi connectivity index (χ0v) is 8.11. The molecule has 2 aromatic rings. The Labute approximate surface area is 86.4 Å². The van der Waals surface area contributed by atoms with E-state index in [0.717, 1.165) is 5.56 Å². The largest absolute Gasteiger partial charge is 0.334 e. The zero-order chi connectivity index (χ0) is 10.8. The predicted molar refractivity (Wildman–Crippen MR) is 53.3 cm³/mol. The first-order chi connectivity index (χ1) is 7.22. The van der Waals surface area contributed by atoms with Crippen LogP contribution in [0.3, 0.4) is 0 Å². The second-order valence-electron chi connectivity index (χ2n) is 3.17. The van der Waals surface area contributed by atoms with Gasteiger partial charge in [0, 0.05) is 25.0 Å². The van der Waals surface area contributed by atoms with Gasteiger partial charge < -0.3 is 4.57 Å². The van der Waals surface area contributed by atoms with Gasteiger partial charge in [-0.1, -0.05) is 0 Å². The lowest BCUT2D eigenvalue weighted by molar-refractivity contribution is 0.624. The topological polar surface area (TPSA) is 41.6 Å². The van der Waals surface area contributed by atoms with Crippen molar-refractivity contribution in [1.29, 1.82) is 5.26 Å². The third-order valence-corrected chi connectivity index (χ3v) is 2.17. The molecule has 0 atom stereocenters. The van der Waals surface area contributed by atoms with Gasteiger partial charge in [0.1, 0.15) is 17.7 Å². The maximum Gasteiger partial charge on any atom is 0.140 e. The molecule has 1 aromatic heterocycles. The number of benzene rings is 1. The molecule has 4 heteroatoms. The van der Waals surface area contributed by atoms with Crippen LogP contribution in [-0.4, -0.2) is 9.55 Å². The van der Waals surface area contributed by atoms with E-state index in [1.54, 1.807) is 24.5 Å². The lowest BCUT2D eigenvalue weighted by Crippen LogP contribution is -1.93. The maximum atomic E-state index is 13.1. The van der Waals surface area contributed by atoms with Crippen LogP contribution in [0.25, 0.3) is 11.4 Å². The number of aromatic nitrogens is 2. The van der Waals surface area contributed by atoms with Gasteiger partial charge >= 0.3 is 0 Å². The van der Waals surface area contributed by atoms with Crippen LogP contribution >= 0.6 is 0 Å². The Balaban J connectivity index is 2.57. The predicted octanol–water partition coefficient (Wildman–Crippen LogP) is 2.10. The molecule has 0 amide bonds. The summed E-state index contributed by atoms with van der Waals surface area (Å²) in [5, 5.41) is 8.69. The summed E-state index contributed by atoms with van der Waals surface area (Å²) in [6.45, 7) is 0. The van der Waals surface area contributed by atoms with Crippen LogP contribution in [0.15, 0.2) is 30.6 Å². The fraction of sp³-hybridized carbons (Fsp3) is 0.0909. The van der Waals surface area contributed by atoms with E-state index < -0.39 is 5.82 Å². The quantitative estimate of drug-likeness (QED) is 0.709. The van der Waals surface area contributed by atoms with Crippen molar-refractivity contribution in [3.05, 3.63) is 42.0 Å². The first-order valence-corrected chi connectivity index (χ1v) is 4.39. The van der Waals surface area contributed by atoms with Gasteiger partial charge in [0.2, 0.25) is 0 Å². The van der Waals surface area contributed by atoms with E-state index >= 15 is 0 Å². The highest BCUT2D eigenvalue weighted by Gasteiger charge is 2.07. The van der Waals surface area contributed by atoms with Crippen molar-refractivity contribution >= 4 is 0 Å². The Morgan fingerprint density at radius 3 is 2.87 bits per heavy atom. The van der Waals surface area contributed by atoms with Gasteiger partial charge in [-0.2, -0.15) is 5.26 Å². The van der Waals surface area contributed by atoms with E-state index in [1.165, 1.54) is 12.1 Å². The van der Waals surface area contributed by atoms with Crippen molar-refractivity contribution < 1.29 is 4.39 Å². The van der Waals surface area contributed by atoms with Gasteiger partial charge in [-0.05, 0) is 18.2 Å². The summed E-state index contributed by atoms with van der Waals surface area (Å²) in [5.41, 5.74) is 0.774. The molecular formula is C11H8FN3. The van der Waals surface area contributed by atoms with Crippen LogP contribution in [0.5, 0.6) is 0 Å². The van der Waals surface area contributed by atoms with Crippen molar-refractivity contribution in [2.75, 3.05) is 0 Å². The molecule has 0 saturated heterocycles. The van der Waals surface area contributed by atoms with Gasteiger partial charge in [0.05, 0.1) is 5.56 Å². The number of nitrogens with zero attached hydrogens (tertiary/aromatic N) is 3. The second kappa shape index (κ2) is 3.54. The number of rotatable bonds is 1. The molecular weight excluding hydrogens is 193 g/mol. The molecule has 2 rings (SSSR count). The van der Waals surface area contributed by atoms with Crippen LogP contribution in [0, 0.1) is 17.1 Å². The number of hydrogen-bond donors (Lipinski definition) is 0. The minimum absolute atomic E-state index is 0.0375. The standard InChI is InChI=1S/C11H8FN3/c1-15-5-4-14-11(15)8-2-3-10(12)9(6-8)7-13/h2-6H,1H3. The Bertz CT molecular complexity index is 537. The molecule has 0 saturated carbocycles. The summed E-state index contributed by atoms with van der Waals surface area (Å²) >= 11 is 0. The van der Waals surface area contributed by atoms with Gasteiger partial charge in [-0.15, -0.1) is 0 Å². The average Bonchev–Trinajstić information content (AvgIpc) is 2.65. The van der Waals surface area contributed by atoms with E-state index in [0.29, 0.717) is 5.82 Å². The summed E-state index contributed by atoms with van der Waals surface area (Å²) < 4.78 is 14.9. The van der Waals surface area contributed by atoms with Gasteiger partial charge in [-0.3, -0.25) is 0 Å². The normalized spacial score (nSPS) is 9.93. The molecule has 0 unspecified atom stereocenters. The number of halogens is 1. The molecule has 0 radical (unpaired) electrons. The lowest BCUT2D eigenvalue weighted by atomic mass is 10.1. The van der Waals surface area contributed by atoms with Crippen LogP contribution in [-0.2, 0) is 7.05 Å². The van der Waals surface area contributed by atoms with Crippen molar-refractivity contribution in [3.63, 3.8) is 0 Å². The molecule has 0 fully saturated rings. The highest BCUT2D eigenvalue weighted by atomic mass is 19.1. The molecule has 0 aliphatic rings. The molecule has 0 aliphatic carbocycles. The Morgan fingerprint density at radius 2 is 2.27 bits per heavy atom. The average molecular weight is 201 g/mol. The van der Waals surface area contributed by atoms with E-state index in [1.807, 2.05) is 11.6 Å². The summed E-state index contributed by atoms with van der Waals surface area (Å²) in [5.74, 6) is 0.210. The summed E-state index contributed by atoms with van der Waals surface area (Å²) in [4.78, 5) is 4.12. The molecule has 0 N–H and O–H groups in total. The Kier molecular flexibility index (Phi) is 2.22. The van der Waals surface area contributed by atoms with Crippen molar-refractivity contribution in [3.8, 4) is 17.5 Å². The van der Waals surface area contributed by atoms with Crippen molar-refractivity contribution in [1.82, 2.24) is 9.55 Å². The highest BCUT2D eigenvalue weighted by Crippen LogP contribution is 2.19. The summed E-state index contributed by atoms with van der Waals surface area (Å²) in [6.07, 6.45) is 3.45. The first-order valence-electron chi connectivity index (χ1n) is 4.39. The molecule has 1 aromatic carbocycles. The van der Waals surface area contributed by atoms with Gasteiger partial charge in [0.15, 0.2) is 0 Å². The molecule has 1 heterocycles. The number of aryl methyl sites for hydroxylation is 1. The molecule has 0 aliphatic heterocycles. The maximum absolute atomic E-state index is 13.1. The van der Waals surface area contributed by atoms with Crippen molar-refractivity contribution in [2.45, 2.75) is 0 Å².